The molecule has 0 radical (unpaired) electrons. The summed E-state index contributed by atoms with van der Waals surface area (Å²) < 4.78 is 46.8. The molecule has 0 saturated carbocycles. The number of aliphatic carboxylic acids is 1. The predicted molar refractivity (Wildman–Crippen MR) is 93.8 cm³/mol. The van der Waals surface area contributed by atoms with E-state index >= 15 is 0 Å². The Morgan fingerprint density at radius 3 is 2.79 bits per heavy atom. The number of hydrogen-bond acceptors (Lipinski definition) is 5. The van der Waals surface area contributed by atoms with Gasteiger partial charge >= 0.3 is 5.97 Å². The smallest absolute Gasteiger partial charge is 0.307 e. The van der Waals surface area contributed by atoms with Crippen molar-refractivity contribution >= 4 is 39.1 Å². The number of carbonyl (C=O) groups excluding carboxylic acids is 1. The fraction of sp³-hybridized carbons (Fsp3) is 0.167. The summed E-state index contributed by atoms with van der Waals surface area (Å²) in [5.41, 5.74) is -0.0557. The van der Waals surface area contributed by atoms with Gasteiger partial charge in [-0.1, -0.05) is 0 Å². The van der Waals surface area contributed by atoms with Gasteiger partial charge in [0.1, 0.15) is 22.1 Å². The number of carboxylic acids is 1. The quantitative estimate of drug-likeness (QED) is 0.715. The molecular formula is C18H11F3N2O4S. The molecule has 1 atom stereocenters. The summed E-state index contributed by atoms with van der Waals surface area (Å²) in [7, 11) is 0. The van der Waals surface area contributed by atoms with Crippen molar-refractivity contribution in [1.29, 1.82) is 0 Å². The minimum atomic E-state index is -1.29. The second-order valence-corrected chi connectivity index (χ2v) is 7.17. The number of amides is 1. The van der Waals surface area contributed by atoms with Crippen molar-refractivity contribution in [2.45, 2.75) is 19.1 Å². The number of rotatable bonds is 4. The van der Waals surface area contributed by atoms with Crippen molar-refractivity contribution in [2.75, 3.05) is 4.90 Å². The Hall–Kier alpha value is -3.14. The third-order valence-electron chi connectivity index (χ3n) is 4.17. The number of ether oxygens (including phenoxy) is 1. The van der Waals surface area contributed by atoms with E-state index in [2.05, 4.69) is 4.98 Å². The summed E-state index contributed by atoms with van der Waals surface area (Å²) in [5.74, 6) is -4.53. The Morgan fingerprint density at radius 1 is 1.25 bits per heavy atom. The zero-order chi connectivity index (χ0) is 20.0. The van der Waals surface area contributed by atoms with Crippen molar-refractivity contribution in [3.8, 4) is 5.75 Å². The van der Waals surface area contributed by atoms with Gasteiger partial charge in [-0.15, -0.1) is 11.3 Å². The molecular weight excluding hydrogens is 397 g/mol. The fourth-order valence-electron chi connectivity index (χ4n) is 2.93. The van der Waals surface area contributed by atoms with E-state index in [9.17, 15) is 22.8 Å². The molecule has 10 heteroatoms. The number of benzene rings is 2. The second-order valence-electron chi connectivity index (χ2n) is 6.06. The highest BCUT2D eigenvalue weighted by molar-refractivity contribution is 7.18. The summed E-state index contributed by atoms with van der Waals surface area (Å²) in [4.78, 5) is 28.9. The number of carbonyl (C=O) groups is 2. The van der Waals surface area contributed by atoms with E-state index in [1.165, 1.54) is 12.1 Å². The molecule has 6 nitrogen and oxygen atoms in total. The van der Waals surface area contributed by atoms with Gasteiger partial charge < -0.3 is 9.84 Å². The Morgan fingerprint density at radius 2 is 2.04 bits per heavy atom. The molecule has 1 aliphatic heterocycles. The largest absolute Gasteiger partial charge is 0.481 e. The van der Waals surface area contributed by atoms with E-state index in [1.807, 2.05) is 0 Å². The first-order chi connectivity index (χ1) is 13.3. The first-order valence-corrected chi connectivity index (χ1v) is 8.88. The van der Waals surface area contributed by atoms with Gasteiger partial charge in [-0.05, 0) is 24.3 Å². The molecule has 144 valence electrons. The molecule has 1 N–H and O–H groups in total. The third-order valence-corrected chi connectivity index (χ3v) is 5.18. The molecule has 4 rings (SSSR count). The maximum atomic E-state index is 13.9. The molecule has 2 aromatic carbocycles. The Kier molecular flexibility index (Phi) is 4.42. The van der Waals surface area contributed by atoms with Crippen molar-refractivity contribution in [3.63, 3.8) is 0 Å². The van der Waals surface area contributed by atoms with Gasteiger partial charge in [0.15, 0.2) is 17.7 Å². The van der Waals surface area contributed by atoms with Crippen LogP contribution in [0.25, 0.3) is 10.2 Å². The molecule has 28 heavy (non-hydrogen) atoms. The molecule has 0 spiro atoms. The van der Waals surface area contributed by atoms with Crippen LogP contribution in [0.4, 0.5) is 18.9 Å². The van der Waals surface area contributed by atoms with Gasteiger partial charge in [-0.3, -0.25) is 14.5 Å². The highest BCUT2D eigenvalue weighted by Gasteiger charge is 2.36. The molecule has 1 unspecified atom stereocenters. The van der Waals surface area contributed by atoms with Gasteiger partial charge in [0.2, 0.25) is 0 Å². The summed E-state index contributed by atoms with van der Waals surface area (Å²) >= 11 is 1.05. The lowest BCUT2D eigenvalue weighted by atomic mass is 10.1. The highest BCUT2D eigenvalue weighted by Crippen LogP contribution is 2.37. The molecule has 0 bridgehead atoms. The summed E-state index contributed by atoms with van der Waals surface area (Å²) in [5, 5.41) is 9.28. The highest BCUT2D eigenvalue weighted by atomic mass is 32.1. The first kappa shape index (κ1) is 18.2. The molecule has 0 saturated heterocycles. The Labute approximate surface area is 159 Å². The zero-order valence-electron chi connectivity index (χ0n) is 14.0. The van der Waals surface area contributed by atoms with Crippen molar-refractivity contribution < 1.29 is 32.6 Å². The molecule has 2 heterocycles. The van der Waals surface area contributed by atoms with E-state index in [4.69, 9.17) is 9.84 Å². The lowest BCUT2D eigenvalue weighted by Crippen LogP contribution is -2.46. The molecule has 0 fully saturated rings. The number of fused-ring (bicyclic) bond motifs is 2. The lowest BCUT2D eigenvalue weighted by Gasteiger charge is -2.33. The summed E-state index contributed by atoms with van der Waals surface area (Å²) in [6.07, 6.45) is -1.87. The van der Waals surface area contributed by atoms with E-state index in [0.717, 1.165) is 34.4 Å². The number of nitrogens with zero attached hydrogens (tertiary/aromatic N) is 2. The van der Waals surface area contributed by atoms with Gasteiger partial charge in [0.25, 0.3) is 5.91 Å². The number of thiazole rings is 1. The Balaban J connectivity index is 1.74. The molecule has 1 aliphatic rings. The maximum Gasteiger partial charge on any atom is 0.307 e. The van der Waals surface area contributed by atoms with Gasteiger partial charge in [-0.25, -0.2) is 18.2 Å². The average Bonchev–Trinajstić information content (AvgIpc) is 3.05. The van der Waals surface area contributed by atoms with Crippen molar-refractivity contribution in [1.82, 2.24) is 4.98 Å². The lowest BCUT2D eigenvalue weighted by molar-refractivity contribution is -0.142. The van der Waals surface area contributed by atoms with Crippen LogP contribution in [0.15, 0.2) is 30.3 Å². The number of aromatic nitrogens is 1. The minimum Gasteiger partial charge on any atom is -0.481 e. The average molecular weight is 408 g/mol. The summed E-state index contributed by atoms with van der Waals surface area (Å²) in [6.45, 7) is -0.171. The van der Waals surface area contributed by atoms with Gasteiger partial charge in [0, 0.05) is 6.07 Å². The molecule has 1 amide bonds. The van der Waals surface area contributed by atoms with E-state index < -0.39 is 41.9 Å². The van der Waals surface area contributed by atoms with Crippen LogP contribution in [0.3, 0.4) is 0 Å². The number of carboxylic acid groups (broad SMARTS) is 1. The van der Waals surface area contributed by atoms with Crippen molar-refractivity contribution in [3.05, 3.63) is 52.8 Å². The predicted octanol–water partition coefficient (Wildman–Crippen LogP) is 3.48. The number of anilines is 1. The van der Waals surface area contributed by atoms with Crippen LogP contribution < -0.4 is 9.64 Å². The third kappa shape index (κ3) is 3.15. The SMILES string of the molecule is O=C(O)CC1Oc2ccc(F)cc2N(Cc2nc3c(F)c(F)ccc3s2)C1=O. The van der Waals surface area contributed by atoms with Crippen LogP contribution in [0, 0.1) is 17.5 Å². The van der Waals surface area contributed by atoms with Crippen LogP contribution >= 0.6 is 11.3 Å². The van der Waals surface area contributed by atoms with Crippen LogP contribution in [0.2, 0.25) is 0 Å². The van der Waals surface area contributed by atoms with E-state index in [-0.39, 0.29) is 28.5 Å². The molecule has 3 aromatic rings. The first-order valence-electron chi connectivity index (χ1n) is 8.06. The monoisotopic (exact) mass is 408 g/mol. The van der Waals surface area contributed by atoms with Crippen LogP contribution in [-0.4, -0.2) is 28.1 Å². The van der Waals surface area contributed by atoms with E-state index in [0.29, 0.717) is 4.70 Å². The van der Waals surface area contributed by atoms with Crippen LogP contribution in [0.5, 0.6) is 5.75 Å². The van der Waals surface area contributed by atoms with Gasteiger partial charge in [0.05, 0.1) is 23.4 Å². The van der Waals surface area contributed by atoms with Crippen LogP contribution in [0.1, 0.15) is 11.4 Å². The fourth-order valence-corrected chi connectivity index (χ4v) is 3.89. The standard InChI is InChI=1S/C18H11F3N2O4S/c19-8-1-3-11-10(5-8)23(18(26)12(27-11)6-15(24)25)7-14-22-17-13(28-14)4-2-9(20)16(17)21/h1-5,12H,6-7H2,(H,24,25). The topological polar surface area (TPSA) is 79.7 Å². The normalized spacial score (nSPS) is 16.2. The van der Waals surface area contributed by atoms with Crippen molar-refractivity contribution in [2.24, 2.45) is 0 Å². The van der Waals surface area contributed by atoms with Gasteiger partial charge in [-0.2, -0.15) is 0 Å². The Bertz CT molecular complexity index is 1120. The van der Waals surface area contributed by atoms with E-state index in [1.54, 1.807) is 0 Å². The molecule has 0 aliphatic carbocycles. The number of hydrogen-bond donors (Lipinski definition) is 1. The second kappa shape index (κ2) is 6.79. The van der Waals surface area contributed by atoms with Crippen LogP contribution in [-0.2, 0) is 16.1 Å². The summed E-state index contributed by atoms with van der Waals surface area (Å²) in [6, 6.07) is 5.86. The maximum absolute atomic E-state index is 13.9. The molecule has 1 aromatic heterocycles. The number of halogens is 3. The minimum absolute atomic E-state index is 0.109. The zero-order valence-corrected chi connectivity index (χ0v) is 14.8.